The van der Waals surface area contributed by atoms with E-state index in [0.717, 1.165) is 15.6 Å². The third kappa shape index (κ3) is 2.53. The van der Waals surface area contributed by atoms with E-state index in [9.17, 15) is 9.59 Å². The number of thiazole rings is 1. The van der Waals surface area contributed by atoms with Crippen molar-refractivity contribution in [1.82, 2.24) is 10.3 Å². The van der Waals surface area contributed by atoms with Crippen LogP contribution < -0.4 is 5.32 Å². The maximum absolute atomic E-state index is 11.8. The Morgan fingerprint density at radius 1 is 1.44 bits per heavy atom. The van der Waals surface area contributed by atoms with Crippen molar-refractivity contribution < 1.29 is 14.7 Å². The Bertz CT molecular complexity index is 498. The molecule has 6 heteroatoms. The van der Waals surface area contributed by atoms with Crippen LogP contribution in [0.4, 0.5) is 0 Å². The molecule has 2 rings (SSSR count). The molecular formula is C12H16N2O3S. The normalized spacial score (nSPS) is 23.5. The maximum atomic E-state index is 11.8. The summed E-state index contributed by atoms with van der Waals surface area (Å²) in [5.41, 5.74) is 0.927. The van der Waals surface area contributed by atoms with Crippen molar-refractivity contribution in [2.75, 3.05) is 0 Å². The van der Waals surface area contributed by atoms with Crippen molar-refractivity contribution >= 4 is 23.2 Å². The molecule has 2 N–H and O–H groups in total. The zero-order valence-electron chi connectivity index (χ0n) is 10.6. The lowest BCUT2D eigenvalue weighted by Gasteiger charge is -2.12. The second kappa shape index (κ2) is 4.68. The number of hydrogen-bond donors (Lipinski definition) is 2. The van der Waals surface area contributed by atoms with Gasteiger partial charge in [-0.1, -0.05) is 0 Å². The Morgan fingerprint density at radius 3 is 2.56 bits per heavy atom. The van der Waals surface area contributed by atoms with Gasteiger partial charge in [-0.15, -0.1) is 11.3 Å². The maximum Gasteiger partial charge on any atom is 0.307 e. The summed E-state index contributed by atoms with van der Waals surface area (Å²) in [6, 6.07) is -0.112. The lowest BCUT2D eigenvalue weighted by atomic mass is 10.2. The van der Waals surface area contributed by atoms with Crippen LogP contribution in [-0.4, -0.2) is 22.0 Å². The lowest BCUT2D eigenvalue weighted by molar-refractivity contribution is -0.140. The number of nitrogens with zero attached hydrogens (tertiary/aromatic N) is 1. The van der Waals surface area contributed by atoms with E-state index < -0.39 is 11.9 Å². The van der Waals surface area contributed by atoms with E-state index in [0.29, 0.717) is 6.42 Å². The number of carboxylic acid groups (broad SMARTS) is 1. The van der Waals surface area contributed by atoms with Gasteiger partial charge < -0.3 is 10.4 Å². The summed E-state index contributed by atoms with van der Waals surface area (Å²) in [6.07, 6.45) is 0.453. The van der Waals surface area contributed by atoms with E-state index in [1.165, 1.54) is 0 Å². The minimum absolute atomic E-state index is 0.112. The molecule has 0 radical (unpaired) electrons. The van der Waals surface area contributed by atoms with Gasteiger partial charge in [0.05, 0.1) is 28.6 Å². The molecule has 5 nitrogen and oxygen atoms in total. The molecule has 3 atom stereocenters. The van der Waals surface area contributed by atoms with Gasteiger partial charge in [0.25, 0.3) is 0 Å². The molecule has 0 aliphatic heterocycles. The van der Waals surface area contributed by atoms with Crippen LogP contribution in [0.15, 0.2) is 0 Å². The highest BCUT2D eigenvalue weighted by Gasteiger charge is 2.48. The van der Waals surface area contributed by atoms with Crippen LogP contribution in [0, 0.1) is 25.7 Å². The van der Waals surface area contributed by atoms with Crippen LogP contribution >= 0.6 is 11.3 Å². The van der Waals surface area contributed by atoms with Crippen LogP contribution in [0.2, 0.25) is 0 Å². The summed E-state index contributed by atoms with van der Waals surface area (Å²) in [5.74, 6) is -1.91. The van der Waals surface area contributed by atoms with Gasteiger partial charge in [-0.3, -0.25) is 9.59 Å². The quantitative estimate of drug-likeness (QED) is 0.870. The summed E-state index contributed by atoms with van der Waals surface area (Å²) in [6.45, 7) is 5.74. The zero-order chi connectivity index (χ0) is 13.4. The molecule has 0 spiro atoms. The lowest BCUT2D eigenvalue weighted by Crippen LogP contribution is -2.29. The Balaban J connectivity index is 1.96. The van der Waals surface area contributed by atoms with Crippen molar-refractivity contribution in [2.45, 2.75) is 33.2 Å². The van der Waals surface area contributed by atoms with E-state index in [1.54, 1.807) is 11.3 Å². The van der Waals surface area contributed by atoms with Gasteiger partial charge in [0, 0.05) is 4.88 Å². The summed E-state index contributed by atoms with van der Waals surface area (Å²) < 4.78 is 0. The second-order valence-electron chi connectivity index (χ2n) is 4.70. The highest BCUT2D eigenvalue weighted by Crippen LogP contribution is 2.39. The monoisotopic (exact) mass is 268 g/mol. The minimum Gasteiger partial charge on any atom is -0.481 e. The standard InChI is InChI=1S/C12H16N2O3S/c1-5-10(18-7(3)13-5)6(2)14-11(15)8-4-9(8)12(16)17/h6,8-9H,4H2,1-3H3,(H,14,15)(H,16,17). The van der Waals surface area contributed by atoms with Crippen LogP contribution in [0.25, 0.3) is 0 Å². The number of carbonyl (C=O) groups is 2. The molecule has 3 unspecified atom stereocenters. The Labute approximate surface area is 109 Å². The minimum atomic E-state index is -0.882. The summed E-state index contributed by atoms with van der Waals surface area (Å²) in [7, 11) is 0. The van der Waals surface area contributed by atoms with Crippen molar-refractivity contribution in [3.05, 3.63) is 15.6 Å². The van der Waals surface area contributed by atoms with E-state index >= 15 is 0 Å². The van der Waals surface area contributed by atoms with Gasteiger partial charge in [-0.2, -0.15) is 0 Å². The first-order valence-electron chi connectivity index (χ1n) is 5.87. The smallest absolute Gasteiger partial charge is 0.307 e. The molecule has 0 saturated heterocycles. The third-order valence-corrected chi connectivity index (χ3v) is 4.39. The number of carboxylic acids is 1. The molecule has 98 valence electrons. The first kappa shape index (κ1) is 13.0. The summed E-state index contributed by atoms with van der Waals surface area (Å²) >= 11 is 1.56. The number of aliphatic carboxylic acids is 1. The van der Waals surface area contributed by atoms with Gasteiger partial charge in [-0.05, 0) is 27.2 Å². The van der Waals surface area contributed by atoms with Gasteiger partial charge >= 0.3 is 5.97 Å². The van der Waals surface area contributed by atoms with E-state index in [2.05, 4.69) is 10.3 Å². The number of aryl methyl sites for hydroxylation is 2. The summed E-state index contributed by atoms with van der Waals surface area (Å²) in [5, 5.41) is 12.6. The molecule has 1 aliphatic carbocycles. The van der Waals surface area contributed by atoms with Gasteiger partial charge in [0.15, 0.2) is 0 Å². The van der Waals surface area contributed by atoms with Gasteiger partial charge in [-0.25, -0.2) is 4.98 Å². The van der Waals surface area contributed by atoms with Gasteiger partial charge in [0.2, 0.25) is 5.91 Å². The Morgan fingerprint density at radius 2 is 2.11 bits per heavy atom. The molecule has 1 heterocycles. The predicted octanol–water partition coefficient (Wildman–Crippen LogP) is 1.66. The predicted molar refractivity (Wildman–Crippen MR) is 67.4 cm³/mol. The van der Waals surface area contributed by atoms with Crippen molar-refractivity contribution in [1.29, 1.82) is 0 Å². The number of carbonyl (C=O) groups excluding carboxylic acids is 1. The van der Waals surface area contributed by atoms with Crippen molar-refractivity contribution in [2.24, 2.45) is 11.8 Å². The van der Waals surface area contributed by atoms with Crippen LogP contribution in [0.5, 0.6) is 0 Å². The Hall–Kier alpha value is -1.43. The molecule has 1 aromatic rings. The number of rotatable bonds is 4. The largest absolute Gasteiger partial charge is 0.481 e. The summed E-state index contributed by atoms with van der Waals surface area (Å²) in [4.78, 5) is 27.9. The van der Waals surface area contributed by atoms with Crippen LogP contribution in [-0.2, 0) is 9.59 Å². The first-order valence-corrected chi connectivity index (χ1v) is 6.69. The average Bonchev–Trinajstić information content (AvgIpc) is 2.99. The molecule has 1 saturated carbocycles. The fourth-order valence-corrected chi connectivity index (χ4v) is 3.02. The molecular weight excluding hydrogens is 252 g/mol. The zero-order valence-corrected chi connectivity index (χ0v) is 11.4. The molecule has 0 bridgehead atoms. The molecule has 1 fully saturated rings. The molecule has 1 amide bonds. The first-order chi connectivity index (χ1) is 8.40. The highest BCUT2D eigenvalue weighted by atomic mass is 32.1. The van der Waals surface area contributed by atoms with Crippen molar-refractivity contribution in [3.8, 4) is 0 Å². The number of nitrogens with one attached hydrogen (secondary N) is 1. The number of amides is 1. The fourth-order valence-electron chi connectivity index (χ4n) is 2.09. The molecule has 1 aliphatic rings. The van der Waals surface area contributed by atoms with E-state index in [1.807, 2.05) is 20.8 Å². The van der Waals surface area contributed by atoms with E-state index in [4.69, 9.17) is 5.11 Å². The molecule has 0 aromatic carbocycles. The third-order valence-electron chi connectivity index (χ3n) is 3.14. The number of hydrogen-bond acceptors (Lipinski definition) is 4. The molecule has 1 aromatic heterocycles. The number of aromatic nitrogens is 1. The van der Waals surface area contributed by atoms with E-state index in [-0.39, 0.29) is 17.9 Å². The van der Waals surface area contributed by atoms with Crippen LogP contribution in [0.1, 0.15) is 35.0 Å². The SMILES string of the molecule is Cc1nc(C)c(C(C)NC(=O)C2CC2C(=O)O)s1. The van der Waals surface area contributed by atoms with Crippen LogP contribution in [0.3, 0.4) is 0 Å². The van der Waals surface area contributed by atoms with Gasteiger partial charge in [0.1, 0.15) is 0 Å². The molecule has 18 heavy (non-hydrogen) atoms. The Kier molecular flexibility index (Phi) is 3.38. The highest BCUT2D eigenvalue weighted by molar-refractivity contribution is 7.11. The fraction of sp³-hybridized carbons (Fsp3) is 0.583. The van der Waals surface area contributed by atoms with Crippen molar-refractivity contribution in [3.63, 3.8) is 0 Å². The topological polar surface area (TPSA) is 79.3 Å². The second-order valence-corrected chi connectivity index (χ2v) is 5.93. The average molecular weight is 268 g/mol.